The Morgan fingerprint density at radius 2 is 1.78 bits per heavy atom. The highest BCUT2D eigenvalue weighted by molar-refractivity contribution is 14.1. The van der Waals surface area contributed by atoms with Crippen LogP contribution in [-0.4, -0.2) is 39.9 Å². The molecule has 1 aliphatic rings. The van der Waals surface area contributed by atoms with E-state index in [-0.39, 0.29) is 12.1 Å². The van der Waals surface area contributed by atoms with Gasteiger partial charge >= 0.3 is 6.03 Å². The Morgan fingerprint density at radius 1 is 1.05 bits per heavy atom. The predicted molar refractivity (Wildman–Crippen MR) is 157 cm³/mol. The maximum atomic E-state index is 12.6. The molecule has 2 amide bonds. The summed E-state index contributed by atoms with van der Waals surface area (Å²) in [5.74, 6) is 0.767. The second kappa shape index (κ2) is 11.5. The average molecular weight is 628 g/mol. The molecule has 9 heteroatoms. The van der Waals surface area contributed by atoms with Gasteiger partial charge in [0, 0.05) is 48.3 Å². The van der Waals surface area contributed by atoms with Crippen molar-refractivity contribution in [3.63, 3.8) is 0 Å². The van der Waals surface area contributed by atoms with Gasteiger partial charge in [-0.15, -0.1) is 0 Å². The molecule has 0 bridgehead atoms. The number of hydrogen-bond donors (Lipinski definition) is 2. The van der Waals surface area contributed by atoms with E-state index in [2.05, 4.69) is 67.5 Å². The molecule has 5 rings (SSSR count). The van der Waals surface area contributed by atoms with Crippen LogP contribution in [0.4, 0.5) is 16.2 Å². The molecule has 7 nitrogen and oxygen atoms in total. The van der Waals surface area contributed by atoms with Crippen molar-refractivity contribution < 1.29 is 9.53 Å². The number of carbonyl (C=O) groups is 1. The second-order valence-electron chi connectivity index (χ2n) is 8.91. The number of benzene rings is 3. The van der Waals surface area contributed by atoms with Crippen LogP contribution < -0.4 is 15.4 Å². The zero-order valence-corrected chi connectivity index (χ0v) is 23.2. The first-order valence-corrected chi connectivity index (χ1v) is 13.6. The van der Waals surface area contributed by atoms with Gasteiger partial charge in [0.05, 0.1) is 9.74 Å². The van der Waals surface area contributed by atoms with Crippen LogP contribution in [0.3, 0.4) is 0 Å². The Balaban J connectivity index is 1.31. The Bertz CT molecular complexity index is 1360. The van der Waals surface area contributed by atoms with Crippen molar-refractivity contribution in [3.8, 4) is 17.0 Å². The van der Waals surface area contributed by atoms with E-state index in [4.69, 9.17) is 16.3 Å². The fourth-order valence-corrected chi connectivity index (χ4v) is 5.48. The van der Waals surface area contributed by atoms with Gasteiger partial charge in [-0.3, -0.25) is 9.58 Å². The minimum Gasteiger partial charge on any atom is -0.488 e. The molecule has 4 aromatic rings. The monoisotopic (exact) mass is 627 g/mol. The number of aromatic nitrogens is 2. The van der Waals surface area contributed by atoms with Gasteiger partial charge in [-0.05, 0) is 60.5 Å². The van der Waals surface area contributed by atoms with E-state index < -0.39 is 0 Å². The Morgan fingerprint density at radius 3 is 2.51 bits per heavy atom. The van der Waals surface area contributed by atoms with Gasteiger partial charge in [-0.25, -0.2) is 4.79 Å². The molecule has 1 saturated heterocycles. The number of alkyl halides is 1. The van der Waals surface area contributed by atoms with Crippen molar-refractivity contribution in [2.24, 2.45) is 7.05 Å². The number of ether oxygens (including phenoxy) is 1. The molecule has 2 N–H and O–H groups in total. The lowest BCUT2D eigenvalue weighted by atomic mass is 10.1. The van der Waals surface area contributed by atoms with Gasteiger partial charge in [0.1, 0.15) is 11.9 Å². The highest BCUT2D eigenvalue weighted by Crippen LogP contribution is 2.36. The van der Waals surface area contributed by atoms with E-state index in [9.17, 15) is 4.79 Å². The third-order valence-corrected chi connectivity index (χ3v) is 8.06. The molecule has 2 atom stereocenters. The average Bonchev–Trinajstić information content (AvgIpc) is 3.55. The maximum Gasteiger partial charge on any atom is 0.323 e. The Hall–Kier alpha value is -3.08. The number of anilines is 2. The van der Waals surface area contributed by atoms with Crippen LogP contribution in [0.2, 0.25) is 5.02 Å². The molecule has 0 saturated carbocycles. The number of amides is 2. The number of hydrogen-bond acceptors (Lipinski definition) is 4. The lowest BCUT2D eigenvalue weighted by Crippen LogP contribution is -2.26. The largest absolute Gasteiger partial charge is 0.488 e. The molecule has 2 unspecified atom stereocenters. The van der Waals surface area contributed by atoms with E-state index in [0.717, 1.165) is 36.5 Å². The molecule has 0 spiro atoms. The third-order valence-electron chi connectivity index (χ3n) is 6.30. The van der Waals surface area contributed by atoms with Crippen LogP contribution in [0, 0.1) is 0 Å². The Kier molecular flexibility index (Phi) is 7.97. The zero-order valence-electron chi connectivity index (χ0n) is 20.3. The van der Waals surface area contributed by atoms with Gasteiger partial charge in [-0.1, -0.05) is 64.5 Å². The van der Waals surface area contributed by atoms with Crippen LogP contribution in [0.25, 0.3) is 11.3 Å². The minimum absolute atomic E-state index is 0.0694. The van der Waals surface area contributed by atoms with Crippen molar-refractivity contribution in [3.05, 3.63) is 95.6 Å². The van der Waals surface area contributed by atoms with Crippen LogP contribution in [-0.2, 0) is 7.05 Å². The summed E-state index contributed by atoms with van der Waals surface area (Å²) in [4.78, 5) is 15.0. The van der Waals surface area contributed by atoms with Crippen molar-refractivity contribution >= 4 is 51.6 Å². The molecule has 1 fully saturated rings. The number of halogens is 2. The number of aryl methyl sites for hydroxylation is 1. The van der Waals surface area contributed by atoms with E-state index in [1.807, 2.05) is 37.4 Å². The molecule has 1 aromatic heterocycles. The van der Waals surface area contributed by atoms with Crippen LogP contribution in [0.15, 0.2) is 85.1 Å². The SMILES string of the molecule is Cn1nccc1-c1cc(NC(=O)Nc2ccc(Cl)cc2)ccc1OC1CCN(C(I)c2ccccc2)C1. The maximum absolute atomic E-state index is 12.6. The normalized spacial score (nSPS) is 16.4. The topological polar surface area (TPSA) is 71.4 Å². The summed E-state index contributed by atoms with van der Waals surface area (Å²) in [5.41, 5.74) is 4.38. The van der Waals surface area contributed by atoms with Crippen LogP contribution >= 0.6 is 34.2 Å². The molecular formula is C28H27ClIN5O2. The minimum atomic E-state index is -0.340. The number of likely N-dealkylation sites (tertiary alicyclic amines) is 1. The van der Waals surface area contributed by atoms with Crippen LogP contribution in [0.5, 0.6) is 5.75 Å². The first kappa shape index (κ1) is 25.6. The highest BCUT2D eigenvalue weighted by Gasteiger charge is 2.29. The quantitative estimate of drug-likeness (QED) is 0.132. The van der Waals surface area contributed by atoms with E-state index in [1.54, 1.807) is 35.1 Å². The Labute approximate surface area is 234 Å². The summed E-state index contributed by atoms with van der Waals surface area (Å²) in [6.45, 7) is 1.82. The fourth-order valence-electron chi connectivity index (χ4n) is 4.43. The first-order valence-electron chi connectivity index (χ1n) is 12.0. The summed E-state index contributed by atoms with van der Waals surface area (Å²) in [5, 5.41) is 10.7. The molecule has 0 radical (unpaired) electrons. The van der Waals surface area contributed by atoms with E-state index >= 15 is 0 Å². The van der Waals surface area contributed by atoms with E-state index in [0.29, 0.717) is 20.4 Å². The second-order valence-corrected chi connectivity index (χ2v) is 10.5. The van der Waals surface area contributed by atoms with Crippen molar-refractivity contribution in [1.82, 2.24) is 14.7 Å². The first-order chi connectivity index (χ1) is 18.0. The highest BCUT2D eigenvalue weighted by atomic mass is 127. The zero-order chi connectivity index (χ0) is 25.8. The molecule has 190 valence electrons. The predicted octanol–water partition coefficient (Wildman–Crippen LogP) is 6.97. The third kappa shape index (κ3) is 6.26. The molecule has 0 aliphatic carbocycles. The molecular weight excluding hydrogens is 601 g/mol. The van der Waals surface area contributed by atoms with Gasteiger partial charge in [0.25, 0.3) is 0 Å². The molecule has 2 heterocycles. The van der Waals surface area contributed by atoms with Crippen LogP contribution in [0.1, 0.15) is 16.0 Å². The van der Waals surface area contributed by atoms with Crippen molar-refractivity contribution in [2.75, 3.05) is 23.7 Å². The van der Waals surface area contributed by atoms with Crippen molar-refractivity contribution in [1.29, 1.82) is 0 Å². The lowest BCUT2D eigenvalue weighted by Gasteiger charge is -2.23. The summed E-state index contributed by atoms with van der Waals surface area (Å²) in [7, 11) is 1.89. The summed E-state index contributed by atoms with van der Waals surface area (Å²) in [6, 6.07) is 24.8. The number of urea groups is 1. The van der Waals surface area contributed by atoms with Gasteiger partial charge < -0.3 is 15.4 Å². The molecule has 1 aliphatic heterocycles. The number of nitrogens with one attached hydrogen (secondary N) is 2. The van der Waals surface area contributed by atoms with Crippen molar-refractivity contribution in [2.45, 2.75) is 16.6 Å². The fraction of sp³-hybridized carbons (Fsp3) is 0.214. The van der Waals surface area contributed by atoms with Gasteiger partial charge in [-0.2, -0.15) is 5.10 Å². The lowest BCUT2D eigenvalue weighted by molar-refractivity contribution is 0.199. The summed E-state index contributed by atoms with van der Waals surface area (Å²) in [6.07, 6.45) is 2.77. The van der Waals surface area contributed by atoms with E-state index in [1.165, 1.54) is 5.56 Å². The number of nitrogens with zero attached hydrogens (tertiary/aromatic N) is 3. The van der Waals surface area contributed by atoms with Gasteiger partial charge in [0.15, 0.2) is 0 Å². The number of rotatable bonds is 7. The standard InChI is InChI=1S/C28H27ClIN5O2/c1-34-25(13-15-31-34)24-17-22(33-28(36)32-21-9-7-20(29)8-10-21)11-12-26(24)37-23-14-16-35(18-23)27(30)19-5-3-2-4-6-19/h2-13,15,17,23,27H,14,16,18H2,1H3,(H2,32,33,36). The number of carbonyl (C=O) groups excluding carboxylic acids is 1. The summed E-state index contributed by atoms with van der Waals surface area (Å²) >= 11 is 8.43. The summed E-state index contributed by atoms with van der Waals surface area (Å²) < 4.78 is 8.64. The van der Waals surface area contributed by atoms with Gasteiger partial charge in [0.2, 0.25) is 0 Å². The smallest absolute Gasteiger partial charge is 0.323 e. The molecule has 37 heavy (non-hydrogen) atoms. The molecule has 3 aromatic carbocycles.